The van der Waals surface area contributed by atoms with Gasteiger partial charge in [-0.25, -0.2) is 4.98 Å². The second-order valence-electron chi connectivity index (χ2n) is 13.4. The van der Waals surface area contributed by atoms with E-state index in [-0.39, 0.29) is 41.7 Å². The molecule has 0 spiro atoms. The molecule has 4 aromatic rings. The van der Waals surface area contributed by atoms with Crippen molar-refractivity contribution < 1.29 is 19.5 Å². The average molecular weight is 637 g/mol. The third-order valence-corrected chi connectivity index (χ3v) is 10.4. The monoisotopic (exact) mass is 636 g/mol. The zero-order valence-electron chi connectivity index (χ0n) is 26.8. The van der Waals surface area contributed by atoms with Gasteiger partial charge in [0.2, 0.25) is 11.8 Å². The highest BCUT2D eigenvalue weighted by Gasteiger charge is 2.42. The number of benzene rings is 2. The number of aliphatic hydroxyl groups is 1. The number of hydrogen-bond donors (Lipinski definition) is 1. The van der Waals surface area contributed by atoms with Crippen molar-refractivity contribution in [3.63, 3.8) is 0 Å². The summed E-state index contributed by atoms with van der Waals surface area (Å²) >= 11 is 0. The fraction of sp³-hybridized carbons (Fsp3) is 0.417. The van der Waals surface area contributed by atoms with E-state index < -0.39 is 5.60 Å². The first-order valence-electron chi connectivity index (χ1n) is 16.4. The van der Waals surface area contributed by atoms with Crippen LogP contribution in [0.15, 0.2) is 71.9 Å². The number of fused-ring (bicyclic) bond motifs is 2. The van der Waals surface area contributed by atoms with Crippen molar-refractivity contribution in [3.8, 4) is 0 Å². The number of rotatable bonds is 5. The first kappa shape index (κ1) is 30.9. The van der Waals surface area contributed by atoms with Crippen molar-refractivity contribution in [2.45, 2.75) is 50.2 Å². The van der Waals surface area contributed by atoms with Crippen LogP contribution in [-0.4, -0.2) is 85.6 Å². The van der Waals surface area contributed by atoms with Crippen LogP contribution in [0, 0.1) is 5.92 Å². The molecule has 47 heavy (non-hydrogen) atoms. The molecular weight excluding hydrogens is 596 g/mol. The zero-order valence-corrected chi connectivity index (χ0v) is 26.8. The summed E-state index contributed by atoms with van der Waals surface area (Å²) in [7, 11) is 3.60. The molecule has 2 aromatic heterocycles. The van der Waals surface area contributed by atoms with Gasteiger partial charge in [0.1, 0.15) is 12.0 Å². The molecule has 0 aliphatic carbocycles. The number of nitrogens with zero attached hydrogens (tertiary/aromatic N) is 6. The van der Waals surface area contributed by atoms with Gasteiger partial charge in [-0.1, -0.05) is 30.3 Å². The lowest BCUT2D eigenvalue weighted by Crippen LogP contribution is -2.53. The Kier molecular flexibility index (Phi) is 7.95. The number of amides is 3. The fourth-order valence-electron chi connectivity index (χ4n) is 7.59. The number of anilines is 1. The minimum absolute atomic E-state index is 0.0408. The molecule has 0 unspecified atom stereocenters. The Bertz CT molecular complexity index is 1910. The average Bonchev–Trinajstić information content (AvgIpc) is 3.48. The maximum Gasteiger partial charge on any atom is 0.262 e. The van der Waals surface area contributed by atoms with E-state index in [4.69, 9.17) is 0 Å². The summed E-state index contributed by atoms with van der Waals surface area (Å²) < 4.78 is 3.26. The van der Waals surface area contributed by atoms with Gasteiger partial charge in [0.15, 0.2) is 0 Å². The SMILES string of the molecule is CN1C(=O)CCc2cc(C(=O)N3CC[C@@H](C(=O)N4CCC(O)(Cn5cnc6c(ccn6C)c5=O)CC4)[C@H](c4ccccc4)C3)ccc21. The molecule has 3 aliphatic heterocycles. The zero-order chi connectivity index (χ0) is 32.9. The molecular formula is C36H40N6O5. The first-order valence-corrected chi connectivity index (χ1v) is 16.4. The summed E-state index contributed by atoms with van der Waals surface area (Å²) in [5.41, 5.74) is 2.74. The number of carbonyl (C=O) groups excluding carboxylic acids is 3. The van der Waals surface area contributed by atoms with E-state index in [1.54, 1.807) is 34.8 Å². The molecule has 0 saturated carbocycles. The highest BCUT2D eigenvalue weighted by molar-refractivity contribution is 5.99. The van der Waals surface area contributed by atoms with E-state index in [9.17, 15) is 24.3 Å². The highest BCUT2D eigenvalue weighted by Crippen LogP contribution is 2.36. The van der Waals surface area contributed by atoms with E-state index >= 15 is 0 Å². The lowest BCUT2D eigenvalue weighted by atomic mass is 9.79. The van der Waals surface area contributed by atoms with Crippen LogP contribution in [0.1, 0.15) is 53.1 Å². The molecule has 11 nitrogen and oxygen atoms in total. The predicted octanol–water partition coefficient (Wildman–Crippen LogP) is 2.94. The number of carbonyl (C=O) groups is 3. The Morgan fingerprint density at radius 2 is 1.72 bits per heavy atom. The van der Waals surface area contributed by atoms with E-state index in [1.165, 1.54) is 10.9 Å². The third kappa shape index (κ3) is 5.73. The van der Waals surface area contributed by atoms with Crippen LogP contribution in [0.4, 0.5) is 5.69 Å². The van der Waals surface area contributed by atoms with Crippen LogP contribution in [0.2, 0.25) is 0 Å². The van der Waals surface area contributed by atoms with E-state index in [1.807, 2.05) is 59.3 Å². The molecule has 5 heterocycles. The third-order valence-electron chi connectivity index (χ3n) is 10.4. The quantitative estimate of drug-likeness (QED) is 0.360. The Hall–Kier alpha value is -4.77. The van der Waals surface area contributed by atoms with Crippen molar-refractivity contribution in [2.75, 3.05) is 38.1 Å². The maximum atomic E-state index is 14.1. The van der Waals surface area contributed by atoms with Gasteiger partial charge in [-0.05, 0) is 61.1 Å². The molecule has 244 valence electrons. The molecule has 0 radical (unpaired) electrons. The van der Waals surface area contributed by atoms with Crippen molar-refractivity contribution in [1.82, 2.24) is 23.9 Å². The van der Waals surface area contributed by atoms with Crippen LogP contribution in [0.25, 0.3) is 11.0 Å². The van der Waals surface area contributed by atoms with Crippen molar-refractivity contribution in [1.29, 1.82) is 0 Å². The summed E-state index contributed by atoms with van der Waals surface area (Å²) in [6.45, 7) is 1.78. The van der Waals surface area contributed by atoms with Gasteiger partial charge >= 0.3 is 0 Å². The van der Waals surface area contributed by atoms with Crippen molar-refractivity contribution in [3.05, 3.63) is 94.2 Å². The van der Waals surface area contributed by atoms with Gasteiger partial charge in [0, 0.05) is 76.0 Å². The van der Waals surface area contributed by atoms with Gasteiger partial charge in [-0.3, -0.25) is 23.7 Å². The molecule has 0 bridgehead atoms. The van der Waals surface area contributed by atoms with Crippen LogP contribution in [-0.2, 0) is 29.6 Å². The van der Waals surface area contributed by atoms with Gasteiger partial charge < -0.3 is 24.4 Å². The van der Waals surface area contributed by atoms with Crippen LogP contribution in [0.3, 0.4) is 0 Å². The topological polar surface area (TPSA) is 121 Å². The number of hydrogen-bond acceptors (Lipinski definition) is 6. The van der Waals surface area contributed by atoms with Crippen LogP contribution < -0.4 is 10.5 Å². The lowest BCUT2D eigenvalue weighted by molar-refractivity contribution is -0.142. The lowest BCUT2D eigenvalue weighted by Gasteiger charge is -2.43. The predicted molar refractivity (Wildman–Crippen MR) is 177 cm³/mol. The van der Waals surface area contributed by atoms with Crippen LogP contribution in [0.5, 0.6) is 0 Å². The number of likely N-dealkylation sites (tertiary alicyclic amines) is 2. The van der Waals surface area contributed by atoms with Crippen molar-refractivity contribution >= 4 is 34.4 Å². The van der Waals surface area contributed by atoms with E-state index in [2.05, 4.69) is 4.98 Å². The number of aryl methyl sites for hydroxylation is 2. The minimum Gasteiger partial charge on any atom is -0.388 e. The fourth-order valence-corrected chi connectivity index (χ4v) is 7.59. The van der Waals surface area contributed by atoms with Gasteiger partial charge in [-0.2, -0.15) is 0 Å². The Labute approximate surface area is 273 Å². The molecule has 2 saturated heterocycles. The molecule has 3 amide bonds. The summed E-state index contributed by atoms with van der Waals surface area (Å²) in [4.78, 5) is 62.9. The highest BCUT2D eigenvalue weighted by atomic mass is 16.3. The Morgan fingerprint density at radius 3 is 2.49 bits per heavy atom. The molecule has 2 aromatic carbocycles. The van der Waals surface area contributed by atoms with Gasteiger partial charge in [-0.15, -0.1) is 0 Å². The van der Waals surface area contributed by atoms with E-state index in [0.717, 1.165) is 16.8 Å². The smallest absolute Gasteiger partial charge is 0.262 e. The maximum absolute atomic E-state index is 14.1. The standard InChI is InChI=1S/C36H40N6O5/c1-38-16-12-28-32(38)37-23-42(35(28)46)22-36(47)14-18-40(19-15-36)34(45)27-13-17-41(21-29(27)24-6-4-3-5-7-24)33(44)26-8-10-30-25(20-26)9-11-31(43)39(30)2/h3-8,10,12,16,20,23,27,29,47H,9,11,13-15,17-19,21-22H2,1-2H3/t27-,29+/m1/s1. The van der Waals surface area contributed by atoms with Gasteiger partial charge in [0.25, 0.3) is 11.5 Å². The largest absolute Gasteiger partial charge is 0.388 e. The second-order valence-corrected chi connectivity index (χ2v) is 13.4. The number of aromatic nitrogens is 3. The van der Waals surface area contributed by atoms with Crippen LogP contribution >= 0.6 is 0 Å². The number of piperidine rings is 2. The van der Waals surface area contributed by atoms with Gasteiger partial charge in [0.05, 0.1) is 17.5 Å². The normalized spacial score (nSPS) is 21.2. The summed E-state index contributed by atoms with van der Waals surface area (Å²) in [6.07, 6.45) is 5.56. The molecule has 2 atom stereocenters. The molecule has 7 rings (SSSR count). The van der Waals surface area contributed by atoms with E-state index in [0.29, 0.717) is 74.9 Å². The Morgan fingerprint density at radius 1 is 0.957 bits per heavy atom. The Balaban J connectivity index is 1.05. The first-order chi connectivity index (χ1) is 22.6. The summed E-state index contributed by atoms with van der Waals surface area (Å²) in [5, 5.41) is 12.0. The molecule has 2 fully saturated rings. The minimum atomic E-state index is -1.13. The summed E-state index contributed by atoms with van der Waals surface area (Å²) in [6, 6.07) is 17.2. The molecule has 1 N–H and O–H groups in total. The molecule has 3 aliphatic rings. The molecule has 11 heteroatoms. The van der Waals surface area contributed by atoms with Crippen molar-refractivity contribution in [2.24, 2.45) is 13.0 Å². The second kappa shape index (κ2) is 12.1. The summed E-state index contributed by atoms with van der Waals surface area (Å²) in [5.74, 6) is -0.432.